The SMILES string of the molecule is C=CC(=O)ONC(=O)C(CCCO)CCCCCCC=CCCC(C=O)CCCCC. The molecule has 2 atom stereocenters. The highest BCUT2D eigenvalue weighted by molar-refractivity contribution is 5.84. The first kappa shape index (κ1) is 29.1. The number of aliphatic hydroxyl groups excluding tert-OH is 1. The van der Waals surface area contributed by atoms with Crippen molar-refractivity contribution in [3.8, 4) is 0 Å². The van der Waals surface area contributed by atoms with E-state index in [0.29, 0.717) is 19.3 Å². The van der Waals surface area contributed by atoms with Crippen molar-refractivity contribution in [2.24, 2.45) is 11.8 Å². The first-order valence-electron chi connectivity index (χ1n) is 11.9. The predicted octanol–water partition coefficient (Wildman–Crippen LogP) is 5.21. The van der Waals surface area contributed by atoms with Gasteiger partial charge in [-0.15, -0.1) is 0 Å². The molecule has 0 rings (SSSR count). The van der Waals surface area contributed by atoms with Crippen LogP contribution >= 0.6 is 0 Å². The number of hydrogen-bond donors (Lipinski definition) is 2. The molecule has 6 nitrogen and oxygen atoms in total. The number of unbranched alkanes of at least 4 members (excludes halogenated alkanes) is 6. The molecular weight excluding hydrogens is 394 g/mol. The van der Waals surface area contributed by atoms with E-state index in [1.807, 2.05) is 0 Å². The number of carbonyl (C=O) groups is 3. The van der Waals surface area contributed by atoms with Crippen LogP contribution in [0.2, 0.25) is 0 Å². The van der Waals surface area contributed by atoms with Crippen molar-refractivity contribution in [1.82, 2.24) is 5.48 Å². The van der Waals surface area contributed by atoms with E-state index in [4.69, 9.17) is 5.11 Å². The molecule has 0 fully saturated rings. The molecule has 0 aliphatic heterocycles. The third kappa shape index (κ3) is 17.4. The summed E-state index contributed by atoms with van der Waals surface area (Å²) in [6.07, 6.45) is 20.0. The van der Waals surface area contributed by atoms with Crippen LogP contribution in [0.15, 0.2) is 24.8 Å². The average molecular weight is 438 g/mol. The predicted molar refractivity (Wildman–Crippen MR) is 124 cm³/mol. The highest BCUT2D eigenvalue weighted by Crippen LogP contribution is 2.18. The fourth-order valence-electron chi connectivity index (χ4n) is 3.46. The van der Waals surface area contributed by atoms with Gasteiger partial charge in [0.05, 0.1) is 0 Å². The van der Waals surface area contributed by atoms with Gasteiger partial charge in [0, 0.05) is 24.5 Å². The molecule has 0 aromatic rings. The van der Waals surface area contributed by atoms with Gasteiger partial charge in [0.25, 0.3) is 5.91 Å². The lowest BCUT2D eigenvalue weighted by atomic mass is 9.95. The summed E-state index contributed by atoms with van der Waals surface area (Å²) < 4.78 is 0. The molecule has 2 N–H and O–H groups in total. The van der Waals surface area contributed by atoms with Crippen molar-refractivity contribution in [3.63, 3.8) is 0 Å². The number of aliphatic hydroxyl groups is 1. The van der Waals surface area contributed by atoms with Gasteiger partial charge in [0.15, 0.2) is 0 Å². The van der Waals surface area contributed by atoms with E-state index in [2.05, 4.69) is 36.0 Å². The topological polar surface area (TPSA) is 92.7 Å². The average Bonchev–Trinajstić information content (AvgIpc) is 2.79. The van der Waals surface area contributed by atoms with Crippen LogP contribution in [0.4, 0.5) is 0 Å². The number of aldehydes is 1. The summed E-state index contributed by atoms with van der Waals surface area (Å²) in [6.45, 7) is 5.49. The van der Waals surface area contributed by atoms with Crippen LogP contribution in [0.1, 0.15) is 96.8 Å². The monoisotopic (exact) mass is 437 g/mol. The summed E-state index contributed by atoms with van der Waals surface area (Å²) in [7, 11) is 0. The number of nitrogens with one attached hydrogen (secondary N) is 1. The Morgan fingerprint density at radius 2 is 1.61 bits per heavy atom. The van der Waals surface area contributed by atoms with Crippen molar-refractivity contribution in [2.75, 3.05) is 6.61 Å². The lowest BCUT2D eigenvalue weighted by molar-refractivity contribution is -0.155. The Kier molecular flexibility index (Phi) is 19.9. The maximum absolute atomic E-state index is 12.1. The van der Waals surface area contributed by atoms with E-state index in [-0.39, 0.29) is 24.3 Å². The van der Waals surface area contributed by atoms with E-state index in [0.717, 1.165) is 70.1 Å². The minimum atomic E-state index is -0.694. The first-order valence-corrected chi connectivity index (χ1v) is 11.9. The molecule has 0 saturated heterocycles. The molecule has 0 spiro atoms. The lowest BCUT2D eigenvalue weighted by Crippen LogP contribution is -2.32. The van der Waals surface area contributed by atoms with Crippen molar-refractivity contribution in [1.29, 1.82) is 0 Å². The number of allylic oxidation sites excluding steroid dienone is 2. The maximum Gasteiger partial charge on any atom is 0.355 e. The zero-order valence-electron chi connectivity index (χ0n) is 19.4. The molecule has 0 aromatic carbocycles. The molecule has 0 heterocycles. The molecule has 6 heteroatoms. The molecule has 0 radical (unpaired) electrons. The van der Waals surface area contributed by atoms with Gasteiger partial charge in [0.2, 0.25) is 0 Å². The Balaban J connectivity index is 3.91. The number of hydroxylamine groups is 1. The molecule has 0 aromatic heterocycles. The standard InChI is InChI=1S/C25H43NO5/c1-3-5-12-16-22(21-28)17-13-10-8-6-7-9-11-14-18-23(19-15-20-27)25(30)26-31-24(29)4-2/h4,8,10,21-23,27H,2-3,5-7,9,11-20H2,1H3,(H,26,30). The highest BCUT2D eigenvalue weighted by atomic mass is 16.7. The van der Waals surface area contributed by atoms with Gasteiger partial charge in [0.1, 0.15) is 6.29 Å². The van der Waals surface area contributed by atoms with Crippen molar-refractivity contribution >= 4 is 18.2 Å². The zero-order valence-corrected chi connectivity index (χ0v) is 19.4. The lowest BCUT2D eigenvalue weighted by Gasteiger charge is -2.15. The van der Waals surface area contributed by atoms with Gasteiger partial charge in [-0.2, -0.15) is 5.48 Å². The van der Waals surface area contributed by atoms with Gasteiger partial charge >= 0.3 is 5.97 Å². The molecule has 31 heavy (non-hydrogen) atoms. The third-order valence-corrected chi connectivity index (χ3v) is 5.42. The Morgan fingerprint density at radius 3 is 2.29 bits per heavy atom. The molecule has 2 unspecified atom stereocenters. The van der Waals surface area contributed by atoms with E-state index >= 15 is 0 Å². The number of rotatable bonds is 20. The Hall–Kier alpha value is -1.95. The minimum Gasteiger partial charge on any atom is -0.396 e. The Bertz CT molecular complexity index is 518. The van der Waals surface area contributed by atoms with Crippen LogP contribution in [0.3, 0.4) is 0 Å². The second-order valence-electron chi connectivity index (χ2n) is 8.09. The van der Waals surface area contributed by atoms with E-state index < -0.39 is 5.97 Å². The number of carbonyl (C=O) groups excluding carboxylic acids is 3. The van der Waals surface area contributed by atoms with Gasteiger partial charge in [-0.05, 0) is 51.4 Å². The molecule has 178 valence electrons. The fraction of sp³-hybridized carbons (Fsp3) is 0.720. The first-order chi connectivity index (χ1) is 15.1. The van der Waals surface area contributed by atoms with E-state index in [1.54, 1.807) is 0 Å². The summed E-state index contributed by atoms with van der Waals surface area (Å²) in [5, 5.41) is 9.02. The molecule has 0 aliphatic carbocycles. The molecule has 0 aliphatic rings. The van der Waals surface area contributed by atoms with Gasteiger partial charge in [-0.1, -0.05) is 64.2 Å². The Labute approximate surface area is 188 Å². The molecule has 0 bridgehead atoms. The largest absolute Gasteiger partial charge is 0.396 e. The molecule has 1 amide bonds. The second-order valence-corrected chi connectivity index (χ2v) is 8.09. The van der Waals surface area contributed by atoms with Crippen molar-refractivity contribution in [2.45, 2.75) is 96.8 Å². The van der Waals surface area contributed by atoms with E-state index in [9.17, 15) is 14.4 Å². The van der Waals surface area contributed by atoms with Gasteiger partial charge in [-0.25, -0.2) is 4.79 Å². The second kappa shape index (κ2) is 21.3. The van der Waals surface area contributed by atoms with Crippen molar-refractivity contribution < 1.29 is 24.3 Å². The third-order valence-electron chi connectivity index (χ3n) is 5.42. The normalized spacial score (nSPS) is 13.0. The summed E-state index contributed by atoms with van der Waals surface area (Å²) in [4.78, 5) is 38.9. The summed E-state index contributed by atoms with van der Waals surface area (Å²) in [5.41, 5.74) is 2.18. The van der Waals surface area contributed by atoms with Crippen LogP contribution in [0.5, 0.6) is 0 Å². The summed E-state index contributed by atoms with van der Waals surface area (Å²) in [6, 6.07) is 0. The summed E-state index contributed by atoms with van der Waals surface area (Å²) >= 11 is 0. The van der Waals surface area contributed by atoms with Crippen LogP contribution < -0.4 is 5.48 Å². The van der Waals surface area contributed by atoms with Crippen LogP contribution in [-0.4, -0.2) is 29.9 Å². The van der Waals surface area contributed by atoms with Gasteiger partial charge < -0.3 is 14.7 Å². The van der Waals surface area contributed by atoms with Crippen LogP contribution in [0.25, 0.3) is 0 Å². The highest BCUT2D eigenvalue weighted by Gasteiger charge is 2.18. The maximum atomic E-state index is 12.1. The van der Waals surface area contributed by atoms with Crippen molar-refractivity contribution in [3.05, 3.63) is 24.8 Å². The van der Waals surface area contributed by atoms with Crippen LogP contribution in [0, 0.1) is 11.8 Å². The quantitative estimate of drug-likeness (QED) is 0.0897. The molecule has 0 saturated carbocycles. The van der Waals surface area contributed by atoms with E-state index in [1.165, 1.54) is 12.8 Å². The van der Waals surface area contributed by atoms with Gasteiger partial charge in [-0.3, -0.25) is 4.79 Å². The number of amides is 1. The van der Waals surface area contributed by atoms with Crippen LogP contribution in [-0.2, 0) is 19.2 Å². The fourth-order valence-corrected chi connectivity index (χ4v) is 3.46. The molecular formula is C25H43NO5. The minimum absolute atomic E-state index is 0.0366. The Morgan fingerprint density at radius 1 is 0.935 bits per heavy atom. The smallest absolute Gasteiger partial charge is 0.355 e. The number of hydrogen-bond acceptors (Lipinski definition) is 5. The zero-order chi connectivity index (χ0) is 23.2. The summed E-state index contributed by atoms with van der Waals surface area (Å²) in [5.74, 6) is -1.09.